The fraction of sp³-hybridized carbons (Fsp3) is 0.0714. The molecule has 5 nitrogen and oxygen atoms in total. The summed E-state index contributed by atoms with van der Waals surface area (Å²) in [5.41, 5.74) is 7.33. The maximum Gasteiger partial charge on any atom is 0.263 e. The molecule has 1 amide bonds. The Kier molecular flexibility index (Phi) is 3.30. The Labute approximate surface area is 119 Å². The third-order valence-corrected chi connectivity index (χ3v) is 4.05. The summed E-state index contributed by atoms with van der Waals surface area (Å²) < 4.78 is 0.910. The molecule has 0 aliphatic heterocycles. The smallest absolute Gasteiger partial charge is 0.263 e. The van der Waals surface area contributed by atoms with Crippen LogP contribution in [0, 0.1) is 0 Å². The molecule has 100 valence electrons. The van der Waals surface area contributed by atoms with Crippen molar-refractivity contribution in [2.24, 2.45) is 0 Å². The highest BCUT2D eigenvalue weighted by atomic mass is 32.1. The van der Waals surface area contributed by atoms with Crippen LogP contribution in [0.25, 0.3) is 10.1 Å². The van der Waals surface area contributed by atoms with Crippen LogP contribution in [-0.4, -0.2) is 15.9 Å². The zero-order valence-corrected chi connectivity index (χ0v) is 11.4. The number of aromatic nitrogens is 2. The van der Waals surface area contributed by atoms with Crippen LogP contribution in [0.2, 0.25) is 0 Å². The van der Waals surface area contributed by atoms with Crippen molar-refractivity contribution in [2.75, 3.05) is 5.73 Å². The van der Waals surface area contributed by atoms with Crippen molar-refractivity contribution in [3.63, 3.8) is 0 Å². The average molecular weight is 284 g/mol. The minimum Gasteiger partial charge on any atom is -0.397 e. The monoisotopic (exact) mass is 284 g/mol. The molecule has 3 N–H and O–H groups in total. The van der Waals surface area contributed by atoms with E-state index in [0.717, 1.165) is 15.8 Å². The minimum atomic E-state index is -0.186. The molecule has 0 aliphatic carbocycles. The first-order valence-electron chi connectivity index (χ1n) is 6.06. The molecule has 0 fully saturated rings. The molecule has 0 unspecified atom stereocenters. The summed E-state index contributed by atoms with van der Waals surface area (Å²) in [6.07, 6.45) is 5.08. The zero-order chi connectivity index (χ0) is 13.9. The minimum absolute atomic E-state index is 0.186. The second-order valence-electron chi connectivity index (χ2n) is 4.22. The Morgan fingerprint density at radius 1 is 1.30 bits per heavy atom. The molecule has 3 heterocycles. The Morgan fingerprint density at radius 2 is 2.20 bits per heavy atom. The van der Waals surface area contributed by atoms with Gasteiger partial charge in [0.05, 0.1) is 22.6 Å². The highest BCUT2D eigenvalue weighted by Crippen LogP contribution is 2.32. The summed E-state index contributed by atoms with van der Waals surface area (Å²) in [6.45, 7) is 0.381. The third kappa shape index (κ3) is 2.33. The van der Waals surface area contributed by atoms with Crippen molar-refractivity contribution in [3.05, 3.63) is 53.4 Å². The van der Waals surface area contributed by atoms with E-state index in [1.54, 1.807) is 18.6 Å². The molecule has 0 aliphatic rings. The molecular weight excluding hydrogens is 272 g/mol. The number of carbonyl (C=O) groups excluding carboxylic acids is 1. The number of rotatable bonds is 3. The topological polar surface area (TPSA) is 80.9 Å². The number of nitrogens with one attached hydrogen (secondary N) is 1. The number of carbonyl (C=O) groups is 1. The first kappa shape index (κ1) is 12.6. The van der Waals surface area contributed by atoms with Crippen LogP contribution >= 0.6 is 11.3 Å². The van der Waals surface area contributed by atoms with E-state index in [4.69, 9.17) is 5.73 Å². The standard InChI is InChI=1S/C14H12N4OS/c15-12-10-4-6-16-8-11(10)20-13(12)14(19)18-7-9-3-1-2-5-17-9/h1-6,8H,7,15H2,(H,18,19). The molecule has 0 saturated heterocycles. The number of nitrogen functional groups attached to an aromatic ring is 1. The van der Waals surface area contributed by atoms with Crippen LogP contribution in [0.1, 0.15) is 15.4 Å². The third-order valence-electron chi connectivity index (χ3n) is 2.89. The molecule has 0 atom stereocenters. The number of amides is 1. The summed E-state index contributed by atoms with van der Waals surface area (Å²) in [5.74, 6) is -0.186. The van der Waals surface area contributed by atoms with Crippen LogP contribution in [0.3, 0.4) is 0 Å². The molecule has 0 aromatic carbocycles. The molecule has 0 radical (unpaired) electrons. The number of thiophene rings is 1. The number of nitrogens with zero attached hydrogens (tertiary/aromatic N) is 2. The summed E-state index contributed by atoms with van der Waals surface area (Å²) in [7, 11) is 0. The number of pyridine rings is 2. The molecule has 0 bridgehead atoms. The van der Waals surface area contributed by atoms with Gasteiger partial charge in [0.2, 0.25) is 0 Å². The van der Waals surface area contributed by atoms with E-state index in [-0.39, 0.29) is 5.91 Å². The van der Waals surface area contributed by atoms with Gasteiger partial charge in [0.15, 0.2) is 0 Å². The van der Waals surface area contributed by atoms with Gasteiger partial charge in [-0.2, -0.15) is 0 Å². The van der Waals surface area contributed by atoms with Gasteiger partial charge in [0.25, 0.3) is 5.91 Å². The first-order chi connectivity index (χ1) is 9.75. The SMILES string of the molecule is Nc1c(C(=O)NCc2ccccn2)sc2cnccc12. The highest BCUT2D eigenvalue weighted by molar-refractivity contribution is 7.21. The van der Waals surface area contributed by atoms with E-state index in [1.807, 2.05) is 24.3 Å². The van der Waals surface area contributed by atoms with E-state index in [1.165, 1.54) is 11.3 Å². The lowest BCUT2D eigenvalue weighted by Gasteiger charge is -2.03. The van der Waals surface area contributed by atoms with E-state index in [0.29, 0.717) is 17.1 Å². The number of hydrogen-bond acceptors (Lipinski definition) is 5. The maximum atomic E-state index is 12.2. The first-order valence-corrected chi connectivity index (χ1v) is 6.87. The second-order valence-corrected chi connectivity index (χ2v) is 5.27. The summed E-state index contributed by atoms with van der Waals surface area (Å²) in [4.78, 5) is 20.9. The number of hydrogen-bond donors (Lipinski definition) is 2. The Bertz CT molecular complexity index is 754. The second kappa shape index (κ2) is 5.26. The van der Waals surface area contributed by atoms with Gasteiger partial charge in [0.1, 0.15) is 4.88 Å². The summed E-state index contributed by atoms with van der Waals surface area (Å²) in [5, 5.41) is 3.69. The average Bonchev–Trinajstić information content (AvgIpc) is 2.84. The van der Waals surface area contributed by atoms with Gasteiger partial charge < -0.3 is 11.1 Å². The van der Waals surface area contributed by atoms with E-state index < -0.39 is 0 Å². The Hall–Kier alpha value is -2.47. The van der Waals surface area contributed by atoms with Crippen LogP contribution < -0.4 is 11.1 Å². The van der Waals surface area contributed by atoms with Gasteiger partial charge in [-0.1, -0.05) is 6.07 Å². The Morgan fingerprint density at radius 3 is 2.95 bits per heavy atom. The summed E-state index contributed by atoms with van der Waals surface area (Å²) >= 11 is 1.35. The molecule has 3 rings (SSSR count). The molecule has 0 spiro atoms. The van der Waals surface area contributed by atoms with Crippen LogP contribution in [0.4, 0.5) is 5.69 Å². The largest absolute Gasteiger partial charge is 0.397 e. The number of anilines is 1. The number of fused-ring (bicyclic) bond motifs is 1. The molecule has 3 aromatic rings. The Balaban J connectivity index is 1.81. The van der Waals surface area contributed by atoms with Gasteiger partial charge in [-0.15, -0.1) is 11.3 Å². The quantitative estimate of drug-likeness (QED) is 0.772. The molecule has 6 heteroatoms. The van der Waals surface area contributed by atoms with E-state index in [9.17, 15) is 4.79 Å². The van der Waals surface area contributed by atoms with Crippen molar-refractivity contribution in [1.82, 2.24) is 15.3 Å². The van der Waals surface area contributed by atoms with Gasteiger partial charge in [-0.25, -0.2) is 0 Å². The van der Waals surface area contributed by atoms with Gasteiger partial charge >= 0.3 is 0 Å². The van der Waals surface area contributed by atoms with Crippen molar-refractivity contribution in [3.8, 4) is 0 Å². The normalized spacial score (nSPS) is 10.6. The van der Waals surface area contributed by atoms with Crippen molar-refractivity contribution in [2.45, 2.75) is 6.54 Å². The predicted octanol–water partition coefficient (Wildman–Crippen LogP) is 2.20. The molecule has 0 saturated carbocycles. The van der Waals surface area contributed by atoms with Crippen molar-refractivity contribution >= 4 is 33.0 Å². The van der Waals surface area contributed by atoms with Crippen molar-refractivity contribution < 1.29 is 4.79 Å². The predicted molar refractivity (Wildman–Crippen MR) is 79.4 cm³/mol. The van der Waals surface area contributed by atoms with Gasteiger partial charge in [-0.05, 0) is 18.2 Å². The lowest BCUT2D eigenvalue weighted by Crippen LogP contribution is -2.23. The maximum absolute atomic E-state index is 12.2. The van der Waals surface area contributed by atoms with Crippen molar-refractivity contribution in [1.29, 1.82) is 0 Å². The number of nitrogens with two attached hydrogens (primary N) is 1. The van der Waals surface area contributed by atoms with E-state index >= 15 is 0 Å². The summed E-state index contributed by atoms with van der Waals surface area (Å²) in [6, 6.07) is 7.39. The fourth-order valence-corrected chi connectivity index (χ4v) is 2.90. The lowest BCUT2D eigenvalue weighted by atomic mass is 10.2. The fourth-order valence-electron chi connectivity index (χ4n) is 1.89. The highest BCUT2D eigenvalue weighted by Gasteiger charge is 2.16. The lowest BCUT2D eigenvalue weighted by molar-refractivity contribution is 0.0955. The van der Waals surface area contributed by atoms with Crippen LogP contribution in [0.5, 0.6) is 0 Å². The van der Waals surface area contributed by atoms with Gasteiger partial charge in [-0.3, -0.25) is 14.8 Å². The van der Waals surface area contributed by atoms with Crippen LogP contribution in [0.15, 0.2) is 42.9 Å². The van der Waals surface area contributed by atoms with Crippen LogP contribution in [-0.2, 0) is 6.54 Å². The van der Waals surface area contributed by atoms with E-state index in [2.05, 4.69) is 15.3 Å². The molecular formula is C14H12N4OS. The molecule has 20 heavy (non-hydrogen) atoms. The van der Waals surface area contributed by atoms with Gasteiger partial charge in [0, 0.05) is 24.0 Å². The zero-order valence-electron chi connectivity index (χ0n) is 10.5. The molecule has 3 aromatic heterocycles.